The second kappa shape index (κ2) is 8.80. The van der Waals surface area contributed by atoms with Crippen LogP contribution in [0.4, 0.5) is 0 Å². The summed E-state index contributed by atoms with van der Waals surface area (Å²) in [6, 6.07) is 9.97. The number of ether oxygens (including phenoxy) is 1. The fraction of sp³-hybridized carbons (Fsp3) is 0.211. The molecule has 3 heteroatoms. The number of carbonyl (C=O) groups is 1. The summed E-state index contributed by atoms with van der Waals surface area (Å²) >= 11 is 0. The predicted molar refractivity (Wildman–Crippen MR) is 88.0 cm³/mol. The fourth-order valence-corrected chi connectivity index (χ4v) is 2.02. The number of carbonyl (C=O) groups excluding carboxylic acids is 1. The molecule has 22 heavy (non-hydrogen) atoms. The fourth-order valence-electron chi connectivity index (χ4n) is 2.02. The summed E-state index contributed by atoms with van der Waals surface area (Å²) in [6.45, 7) is 0. The van der Waals surface area contributed by atoms with Crippen molar-refractivity contribution in [3.63, 3.8) is 0 Å². The largest absolute Gasteiger partial charge is 0.455 e. The number of hydrogen-bond acceptors (Lipinski definition) is 3. The molecule has 0 aliphatic carbocycles. The minimum atomic E-state index is -0.550. The topological polar surface area (TPSA) is 46.5 Å². The van der Waals surface area contributed by atoms with Crippen LogP contribution in [0.2, 0.25) is 0 Å². The Kier molecular flexibility index (Phi) is 6.39. The molecule has 1 N–H and O–H groups in total. The molecule has 0 spiro atoms. The second-order valence-electron chi connectivity index (χ2n) is 5.00. The quantitative estimate of drug-likeness (QED) is 0.497. The van der Waals surface area contributed by atoms with Crippen molar-refractivity contribution in [2.24, 2.45) is 0 Å². The third-order valence-electron chi connectivity index (χ3n) is 3.15. The Bertz CT molecular complexity index is 582. The van der Waals surface area contributed by atoms with Crippen LogP contribution in [0.5, 0.6) is 0 Å². The van der Waals surface area contributed by atoms with Gasteiger partial charge in [0.2, 0.25) is 0 Å². The Morgan fingerprint density at radius 3 is 2.86 bits per heavy atom. The average Bonchev–Trinajstić information content (AvgIpc) is 2.53. The van der Waals surface area contributed by atoms with Crippen LogP contribution in [-0.4, -0.2) is 23.3 Å². The Morgan fingerprint density at radius 1 is 1.27 bits per heavy atom. The molecule has 1 aromatic carbocycles. The Balaban J connectivity index is 1.72. The molecule has 3 nitrogen and oxygen atoms in total. The lowest BCUT2D eigenvalue weighted by Crippen LogP contribution is -2.17. The van der Waals surface area contributed by atoms with Crippen molar-refractivity contribution < 1.29 is 14.6 Å². The summed E-state index contributed by atoms with van der Waals surface area (Å²) in [4.78, 5) is 11.1. The molecular formula is C19H20O3. The molecule has 0 saturated heterocycles. The van der Waals surface area contributed by atoms with E-state index in [4.69, 9.17) is 4.74 Å². The molecule has 0 unspecified atom stereocenters. The van der Waals surface area contributed by atoms with Crippen molar-refractivity contribution in [1.82, 2.24) is 0 Å². The zero-order chi connectivity index (χ0) is 15.6. The van der Waals surface area contributed by atoms with Gasteiger partial charge in [-0.25, -0.2) is 4.79 Å². The number of hydrogen-bond donors (Lipinski definition) is 1. The van der Waals surface area contributed by atoms with Gasteiger partial charge in [-0.3, -0.25) is 0 Å². The maximum atomic E-state index is 11.1. The summed E-state index contributed by atoms with van der Waals surface area (Å²) < 4.78 is 5.09. The van der Waals surface area contributed by atoms with E-state index in [2.05, 4.69) is 0 Å². The molecule has 2 atom stereocenters. The van der Waals surface area contributed by atoms with Crippen LogP contribution in [0.3, 0.4) is 0 Å². The maximum absolute atomic E-state index is 11.1. The first-order valence-electron chi connectivity index (χ1n) is 7.36. The Morgan fingerprint density at radius 2 is 2.09 bits per heavy atom. The van der Waals surface area contributed by atoms with Crippen molar-refractivity contribution in [2.45, 2.75) is 25.0 Å². The minimum absolute atomic E-state index is 0.216. The number of aliphatic hydroxyl groups excluding tert-OH is 1. The zero-order valence-corrected chi connectivity index (χ0v) is 12.3. The molecule has 1 aliphatic heterocycles. The first kappa shape index (κ1) is 16.0. The van der Waals surface area contributed by atoms with Gasteiger partial charge in [0.25, 0.3) is 0 Å². The lowest BCUT2D eigenvalue weighted by atomic mass is 10.1. The van der Waals surface area contributed by atoms with Gasteiger partial charge in [0, 0.05) is 12.5 Å². The third-order valence-corrected chi connectivity index (χ3v) is 3.15. The summed E-state index contributed by atoms with van der Waals surface area (Å²) in [6.07, 6.45) is 14.7. The van der Waals surface area contributed by atoms with Gasteiger partial charge < -0.3 is 9.84 Å². The van der Waals surface area contributed by atoms with Crippen LogP contribution in [0.1, 0.15) is 18.4 Å². The minimum Gasteiger partial charge on any atom is -0.455 e. The third kappa shape index (κ3) is 5.94. The lowest BCUT2D eigenvalue weighted by molar-refractivity contribution is -0.141. The predicted octanol–water partition coefficient (Wildman–Crippen LogP) is 3.43. The number of allylic oxidation sites excluding steroid dienone is 2. The average molecular weight is 296 g/mol. The van der Waals surface area contributed by atoms with Crippen LogP contribution < -0.4 is 0 Å². The van der Waals surface area contributed by atoms with Crippen LogP contribution >= 0.6 is 0 Å². The van der Waals surface area contributed by atoms with E-state index in [1.54, 1.807) is 12.2 Å². The van der Waals surface area contributed by atoms with Gasteiger partial charge in [-0.15, -0.1) is 0 Å². The number of aliphatic hydroxyl groups is 1. The Hall–Kier alpha value is -2.39. The molecule has 1 aliphatic rings. The van der Waals surface area contributed by atoms with E-state index in [1.165, 1.54) is 6.08 Å². The SMILES string of the molecule is O=C1C=CC[C@@H](/C=C/C[C@H](O)/C=C/C=C/c2ccccc2)O1. The highest BCUT2D eigenvalue weighted by Gasteiger charge is 2.12. The highest BCUT2D eigenvalue weighted by Crippen LogP contribution is 2.09. The van der Waals surface area contributed by atoms with Gasteiger partial charge in [0.1, 0.15) is 6.10 Å². The van der Waals surface area contributed by atoms with Crippen molar-refractivity contribution >= 4 is 12.0 Å². The van der Waals surface area contributed by atoms with Crippen molar-refractivity contribution in [3.05, 3.63) is 78.4 Å². The summed E-state index contributed by atoms with van der Waals surface area (Å²) in [5, 5.41) is 9.83. The standard InChI is InChI=1S/C19H20O3/c20-17(11-5-4-10-16-8-2-1-3-9-16)12-6-13-18-14-7-15-19(21)22-18/h1-11,13,15,17-18,20H,12,14H2/b10-4+,11-5+,13-6+/t17-,18-/m1/s1. The Labute approximate surface area is 130 Å². The summed E-state index contributed by atoms with van der Waals surface area (Å²) in [5.41, 5.74) is 1.12. The molecule has 0 amide bonds. The van der Waals surface area contributed by atoms with Gasteiger partial charge in [-0.2, -0.15) is 0 Å². The molecule has 1 heterocycles. The van der Waals surface area contributed by atoms with Gasteiger partial charge in [-0.05, 0) is 18.1 Å². The lowest BCUT2D eigenvalue weighted by Gasteiger charge is -2.14. The van der Waals surface area contributed by atoms with Crippen molar-refractivity contribution in [3.8, 4) is 0 Å². The molecule has 114 valence electrons. The van der Waals surface area contributed by atoms with Gasteiger partial charge in [0.05, 0.1) is 6.10 Å². The van der Waals surface area contributed by atoms with Gasteiger partial charge in [0.15, 0.2) is 0 Å². The van der Waals surface area contributed by atoms with Crippen LogP contribution in [0.15, 0.2) is 72.9 Å². The van der Waals surface area contributed by atoms with Crippen LogP contribution in [0.25, 0.3) is 6.08 Å². The van der Waals surface area contributed by atoms with E-state index in [9.17, 15) is 9.90 Å². The number of benzene rings is 1. The highest BCUT2D eigenvalue weighted by atomic mass is 16.5. The first-order chi connectivity index (χ1) is 10.7. The summed E-state index contributed by atoms with van der Waals surface area (Å²) in [5.74, 6) is -0.313. The normalized spacial score (nSPS) is 20.0. The van der Waals surface area contributed by atoms with Crippen LogP contribution in [-0.2, 0) is 9.53 Å². The molecule has 2 rings (SSSR count). The molecule has 1 aromatic rings. The van der Waals surface area contributed by atoms with E-state index in [0.29, 0.717) is 12.8 Å². The zero-order valence-electron chi connectivity index (χ0n) is 12.3. The highest BCUT2D eigenvalue weighted by molar-refractivity contribution is 5.82. The van der Waals surface area contributed by atoms with E-state index in [1.807, 2.05) is 60.7 Å². The van der Waals surface area contributed by atoms with Crippen molar-refractivity contribution in [1.29, 1.82) is 0 Å². The smallest absolute Gasteiger partial charge is 0.331 e. The van der Waals surface area contributed by atoms with Gasteiger partial charge >= 0.3 is 5.97 Å². The molecule has 0 saturated carbocycles. The number of cyclic esters (lactones) is 1. The second-order valence-corrected chi connectivity index (χ2v) is 5.00. The monoisotopic (exact) mass is 296 g/mol. The molecule has 0 fully saturated rings. The van der Waals surface area contributed by atoms with Crippen molar-refractivity contribution in [2.75, 3.05) is 0 Å². The maximum Gasteiger partial charge on any atom is 0.331 e. The molecule has 0 radical (unpaired) electrons. The molecular weight excluding hydrogens is 276 g/mol. The summed E-state index contributed by atoms with van der Waals surface area (Å²) in [7, 11) is 0. The van der Waals surface area contributed by atoms with E-state index in [-0.39, 0.29) is 12.1 Å². The van der Waals surface area contributed by atoms with E-state index < -0.39 is 6.10 Å². The first-order valence-corrected chi connectivity index (χ1v) is 7.36. The molecule has 0 aromatic heterocycles. The van der Waals surface area contributed by atoms with E-state index in [0.717, 1.165) is 5.56 Å². The van der Waals surface area contributed by atoms with Gasteiger partial charge in [-0.1, -0.05) is 66.8 Å². The molecule has 0 bridgehead atoms. The van der Waals surface area contributed by atoms with Crippen LogP contribution in [0, 0.1) is 0 Å². The number of esters is 1. The van der Waals surface area contributed by atoms with E-state index >= 15 is 0 Å². The number of rotatable bonds is 6.